The van der Waals surface area contributed by atoms with Gasteiger partial charge in [-0.25, -0.2) is 9.78 Å². The molecule has 44 heavy (non-hydrogen) atoms. The lowest BCUT2D eigenvalue weighted by Gasteiger charge is -2.20. The summed E-state index contributed by atoms with van der Waals surface area (Å²) in [5, 5.41) is 14.4. The van der Waals surface area contributed by atoms with Crippen molar-refractivity contribution >= 4 is 57.6 Å². The molecule has 0 fully saturated rings. The summed E-state index contributed by atoms with van der Waals surface area (Å²) in [4.78, 5) is 29.0. The fraction of sp³-hybridized carbons (Fsp3) is 0.424. The number of thiazole rings is 1. The molecule has 0 aliphatic rings. The second-order valence-electron chi connectivity index (χ2n) is 10.3. The number of carboxylic acid groups (broad SMARTS) is 1. The lowest BCUT2D eigenvalue weighted by atomic mass is 9.98. The largest absolute Gasteiger partial charge is 0.496 e. The third kappa shape index (κ3) is 9.69. The van der Waals surface area contributed by atoms with Gasteiger partial charge in [0.1, 0.15) is 5.75 Å². The quantitative estimate of drug-likeness (QED) is 0.0793. The van der Waals surface area contributed by atoms with Gasteiger partial charge in [0.2, 0.25) is 5.76 Å². The fourth-order valence-electron chi connectivity index (χ4n) is 4.92. The van der Waals surface area contributed by atoms with Crippen molar-refractivity contribution in [3.8, 4) is 17.0 Å². The van der Waals surface area contributed by atoms with E-state index < -0.39 is 11.9 Å². The molecule has 238 valence electrons. The maximum absolute atomic E-state index is 13.0. The average Bonchev–Trinajstić information content (AvgIpc) is 3.47. The zero-order chi connectivity index (χ0) is 32.1. The van der Waals surface area contributed by atoms with Gasteiger partial charge >= 0.3 is 5.97 Å². The average molecular weight is 664 g/mol. The summed E-state index contributed by atoms with van der Waals surface area (Å²) in [6, 6.07) is 8.73. The molecule has 2 N–H and O–H groups in total. The molecule has 0 saturated heterocycles. The molecular weight excluding hydrogens is 623 g/mol. The van der Waals surface area contributed by atoms with Gasteiger partial charge in [0.05, 0.1) is 36.1 Å². The molecule has 2 aromatic carbocycles. The molecule has 0 radical (unpaired) electrons. The Bertz CT molecular complexity index is 1420. The molecule has 0 aliphatic heterocycles. The Labute approximate surface area is 273 Å². The minimum Gasteiger partial charge on any atom is -0.496 e. The molecular formula is C33H40Cl2N2O6S. The number of aliphatic carboxylic acids is 1. The molecule has 1 unspecified atom stereocenters. The number of hydrogen-bond donors (Lipinski definition) is 2. The molecule has 0 spiro atoms. The molecule has 1 amide bonds. The first-order valence-corrected chi connectivity index (χ1v) is 16.3. The highest BCUT2D eigenvalue weighted by molar-refractivity contribution is 7.14. The number of rotatable bonds is 18. The number of anilines is 1. The van der Waals surface area contributed by atoms with Gasteiger partial charge in [-0.2, -0.15) is 0 Å². The van der Waals surface area contributed by atoms with Crippen molar-refractivity contribution in [2.75, 3.05) is 26.6 Å². The van der Waals surface area contributed by atoms with E-state index in [4.69, 9.17) is 37.4 Å². The standard InChI is InChI=1S/C33H40Cl2N2O6S/c1-5-6-7-8-9-10-11-12-16-28(41-2)23-15-13-14-22(30(23)43-4)27-20-44-33(36-27)37-31(38)21-17-25(34)24(26(35)18-21)19-29(42-3)32(39)40/h13-15,17-20,28H,5-12,16H2,1-4H3,(H,39,40)(H,36,37,38). The minimum absolute atomic E-state index is 0.0968. The topological polar surface area (TPSA) is 107 Å². The van der Waals surface area contributed by atoms with E-state index >= 15 is 0 Å². The number of ether oxygens (including phenoxy) is 3. The predicted octanol–water partition coefficient (Wildman–Crippen LogP) is 9.67. The van der Waals surface area contributed by atoms with Crippen LogP contribution < -0.4 is 10.1 Å². The van der Waals surface area contributed by atoms with Gasteiger partial charge in [0, 0.05) is 34.7 Å². The number of halogens is 2. The minimum atomic E-state index is -1.27. The molecule has 3 aromatic rings. The van der Waals surface area contributed by atoms with E-state index in [-0.39, 0.29) is 33.0 Å². The summed E-state index contributed by atoms with van der Waals surface area (Å²) in [6.45, 7) is 2.24. The second-order valence-corrected chi connectivity index (χ2v) is 12.0. The highest BCUT2D eigenvalue weighted by Crippen LogP contribution is 2.40. The van der Waals surface area contributed by atoms with Crippen LogP contribution in [0.4, 0.5) is 5.13 Å². The first-order chi connectivity index (χ1) is 21.2. The SMILES string of the molecule is CCCCCCCCCCC(OC)c1cccc(-c2csc(NC(=O)c3cc(Cl)c(C=C(OC)C(=O)O)c(Cl)c3)n2)c1OC. The Morgan fingerprint density at radius 1 is 1.02 bits per heavy atom. The van der Waals surface area contributed by atoms with E-state index in [2.05, 4.69) is 17.2 Å². The summed E-state index contributed by atoms with van der Waals surface area (Å²) < 4.78 is 16.6. The van der Waals surface area contributed by atoms with E-state index in [0.717, 1.165) is 24.0 Å². The fourth-order valence-corrected chi connectivity index (χ4v) is 6.22. The third-order valence-electron chi connectivity index (χ3n) is 7.25. The number of carbonyl (C=O) groups excluding carboxylic acids is 1. The van der Waals surface area contributed by atoms with Gasteiger partial charge in [0.25, 0.3) is 5.91 Å². The monoisotopic (exact) mass is 662 g/mol. The van der Waals surface area contributed by atoms with Crippen LogP contribution in [-0.4, -0.2) is 43.3 Å². The van der Waals surface area contributed by atoms with E-state index in [1.54, 1.807) is 14.2 Å². The van der Waals surface area contributed by atoms with Crippen molar-refractivity contribution in [3.05, 3.63) is 68.2 Å². The number of amides is 1. The van der Waals surface area contributed by atoms with Gasteiger partial charge in [-0.05, 0) is 30.7 Å². The number of unbranched alkanes of at least 4 members (excludes halogenated alkanes) is 7. The third-order valence-corrected chi connectivity index (χ3v) is 8.63. The summed E-state index contributed by atoms with van der Waals surface area (Å²) in [7, 11) is 4.59. The van der Waals surface area contributed by atoms with Crippen LogP contribution in [0.2, 0.25) is 10.0 Å². The van der Waals surface area contributed by atoms with E-state index in [1.807, 2.05) is 23.6 Å². The molecule has 11 heteroatoms. The number of hydrogen-bond acceptors (Lipinski definition) is 7. The number of benzene rings is 2. The first-order valence-electron chi connectivity index (χ1n) is 14.7. The number of para-hydroxylation sites is 1. The second kappa shape index (κ2) is 18.0. The van der Waals surface area contributed by atoms with Crippen molar-refractivity contribution in [1.29, 1.82) is 0 Å². The zero-order valence-electron chi connectivity index (χ0n) is 25.6. The zero-order valence-corrected chi connectivity index (χ0v) is 27.9. The maximum Gasteiger partial charge on any atom is 0.371 e. The molecule has 1 heterocycles. The highest BCUT2D eigenvalue weighted by Gasteiger charge is 2.21. The van der Waals surface area contributed by atoms with Gasteiger partial charge < -0.3 is 19.3 Å². The van der Waals surface area contributed by atoms with Crippen LogP contribution in [0, 0.1) is 0 Å². The van der Waals surface area contributed by atoms with Crippen molar-refractivity contribution in [2.45, 2.75) is 70.8 Å². The van der Waals surface area contributed by atoms with Gasteiger partial charge in [-0.15, -0.1) is 11.3 Å². The first kappa shape index (κ1) is 35.4. The summed E-state index contributed by atoms with van der Waals surface area (Å²) in [5.41, 5.74) is 2.83. The van der Waals surface area contributed by atoms with Crippen LogP contribution in [0.1, 0.15) is 92.3 Å². The van der Waals surface area contributed by atoms with E-state index in [0.29, 0.717) is 16.6 Å². The van der Waals surface area contributed by atoms with Crippen molar-refractivity contribution in [1.82, 2.24) is 4.98 Å². The van der Waals surface area contributed by atoms with Crippen LogP contribution in [0.5, 0.6) is 5.75 Å². The Morgan fingerprint density at radius 3 is 2.27 bits per heavy atom. The summed E-state index contributed by atoms with van der Waals surface area (Å²) in [6.07, 6.45) is 12.0. The lowest BCUT2D eigenvalue weighted by molar-refractivity contribution is -0.135. The number of carboxylic acids is 1. The predicted molar refractivity (Wildman–Crippen MR) is 178 cm³/mol. The van der Waals surface area contributed by atoms with Crippen molar-refractivity contribution in [2.24, 2.45) is 0 Å². The van der Waals surface area contributed by atoms with E-state index in [9.17, 15) is 14.7 Å². The van der Waals surface area contributed by atoms with Crippen molar-refractivity contribution < 1.29 is 28.9 Å². The number of methoxy groups -OCH3 is 3. The summed E-state index contributed by atoms with van der Waals surface area (Å²) >= 11 is 13.9. The van der Waals surface area contributed by atoms with Crippen LogP contribution in [-0.2, 0) is 14.3 Å². The molecule has 3 rings (SSSR count). The van der Waals surface area contributed by atoms with Crippen LogP contribution >= 0.6 is 34.5 Å². The van der Waals surface area contributed by atoms with Crippen LogP contribution in [0.15, 0.2) is 41.5 Å². The van der Waals surface area contributed by atoms with Crippen LogP contribution in [0.25, 0.3) is 17.3 Å². The number of nitrogens with one attached hydrogen (secondary N) is 1. The Morgan fingerprint density at radius 2 is 1.68 bits per heavy atom. The molecule has 0 aliphatic carbocycles. The lowest BCUT2D eigenvalue weighted by Crippen LogP contribution is -2.12. The molecule has 1 atom stereocenters. The summed E-state index contributed by atoms with van der Waals surface area (Å²) in [5.74, 6) is -1.39. The number of nitrogens with zero attached hydrogens (tertiary/aromatic N) is 1. The maximum atomic E-state index is 13.0. The van der Waals surface area contributed by atoms with Crippen LogP contribution in [0.3, 0.4) is 0 Å². The van der Waals surface area contributed by atoms with Crippen molar-refractivity contribution in [3.63, 3.8) is 0 Å². The molecule has 0 bridgehead atoms. The number of carbonyl (C=O) groups is 2. The molecule has 0 saturated carbocycles. The highest BCUT2D eigenvalue weighted by atomic mass is 35.5. The van der Waals surface area contributed by atoms with Gasteiger partial charge in [-0.1, -0.05) is 93.6 Å². The normalized spacial score (nSPS) is 12.2. The Hall–Kier alpha value is -3.11. The number of aromatic nitrogens is 1. The molecule has 8 nitrogen and oxygen atoms in total. The van der Waals surface area contributed by atoms with E-state index in [1.165, 1.54) is 81.6 Å². The smallest absolute Gasteiger partial charge is 0.371 e. The van der Waals surface area contributed by atoms with Gasteiger partial charge in [-0.3, -0.25) is 10.1 Å². The Balaban J connectivity index is 1.72. The Kier molecular flexibility index (Phi) is 14.5. The van der Waals surface area contributed by atoms with Gasteiger partial charge in [0.15, 0.2) is 5.13 Å². The molecule has 1 aromatic heterocycles.